The van der Waals surface area contributed by atoms with Gasteiger partial charge in [-0.1, -0.05) is 32.0 Å². The molecular weight excluding hydrogens is 238 g/mol. The number of nitrogens with two attached hydrogens (primary N) is 1. The van der Waals surface area contributed by atoms with Crippen molar-refractivity contribution in [1.82, 2.24) is 4.90 Å². The van der Waals surface area contributed by atoms with Gasteiger partial charge < -0.3 is 15.5 Å². The number of carbonyl (C=O) groups excluding carboxylic acids is 1. The summed E-state index contributed by atoms with van der Waals surface area (Å²) in [6.45, 7) is 6.30. The van der Waals surface area contributed by atoms with Crippen LogP contribution in [0.5, 0.6) is 0 Å². The smallest absolute Gasteiger partial charge is 0.246 e. The van der Waals surface area contributed by atoms with Crippen LogP contribution in [0, 0.1) is 5.41 Å². The van der Waals surface area contributed by atoms with Gasteiger partial charge in [0.15, 0.2) is 0 Å². The number of amides is 1. The van der Waals surface area contributed by atoms with E-state index in [1.807, 2.05) is 37.4 Å². The molecule has 2 rings (SSSR count). The second kappa shape index (κ2) is 5.21. The quantitative estimate of drug-likeness (QED) is 0.873. The van der Waals surface area contributed by atoms with Crippen LogP contribution in [0.1, 0.15) is 13.8 Å². The maximum atomic E-state index is 12.5. The minimum absolute atomic E-state index is 0.0458. The summed E-state index contributed by atoms with van der Waals surface area (Å²) in [6.07, 6.45) is 0. The first-order valence-electron chi connectivity index (χ1n) is 6.71. The molecule has 1 saturated heterocycles. The summed E-state index contributed by atoms with van der Waals surface area (Å²) in [7, 11) is 1.86. The molecule has 104 valence electrons. The zero-order valence-electron chi connectivity index (χ0n) is 12.0. The van der Waals surface area contributed by atoms with Crippen LogP contribution in [0.2, 0.25) is 0 Å². The Kier molecular flexibility index (Phi) is 3.80. The third-order valence-electron chi connectivity index (χ3n) is 3.61. The monoisotopic (exact) mass is 261 g/mol. The summed E-state index contributed by atoms with van der Waals surface area (Å²) < 4.78 is 0. The van der Waals surface area contributed by atoms with Crippen LogP contribution in [0.4, 0.5) is 5.69 Å². The fraction of sp³-hybridized carbons (Fsp3) is 0.533. The predicted octanol–water partition coefficient (Wildman–Crippen LogP) is 1.32. The molecule has 1 aliphatic rings. The number of hydrogen-bond acceptors (Lipinski definition) is 3. The molecular formula is C15H23N3O. The summed E-state index contributed by atoms with van der Waals surface area (Å²) in [5.74, 6) is 0.108. The molecule has 0 radical (unpaired) electrons. The number of benzene rings is 1. The van der Waals surface area contributed by atoms with E-state index in [0.717, 1.165) is 18.8 Å². The summed E-state index contributed by atoms with van der Waals surface area (Å²) in [4.78, 5) is 16.4. The lowest BCUT2D eigenvalue weighted by atomic mass is 9.92. The molecule has 1 aromatic carbocycles. The fourth-order valence-corrected chi connectivity index (χ4v) is 2.85. The third kappa shape index (κ3) is 2.89. The van der Waals surface area contributed by atoms with Gasteiger partial charge in [0.1, 0.15) is 6.04 Å². The van der Waals surface area contributed by atoms with Crippen LogP contribution in [0.15, 0.2) is 30.3 Å². The van der Waals surface area contributed by atoms with E-state index in [-0.39, 0.29) is 17.4 Å². The van der Waals surface area contributed by atoms with Gasteiger partial charge in [0.25, 0.3) is 0 Å². The van der Waals surface area contributed by atoms with Crippen LogP contribution in [-0.4, -0.2) is 43.5 Å². The van der Waals surface area contributed by atoms with Crippen LogP contribution in [0.25, 0.3) is 0 Å². The average molecular weight is 261 g/mol. The van der Waals surface area contributed by atoms with Crippen molar-refractivity contribution in [2.45, 2.75) is 19.9 Å². The van der Waals surface area contributed by atoms with Crippen molar-refractivity contribution in [3.05, 3.63) is 30.3 Å². The Bertz CT molecular complexity index is 444. The van der Waals surface area contributed by atoms with E-state index in [4.69, 9.17) is 5.73 Å². The summed E-state index contributed by atoms with van der Waals surface area (Å²) >= 11 is 0. The van der Waals surface area contributed by atoms with Crippen molar-refractivity contribution in [2.24, 2.45) is 11.1 Å². The van der Waals surface area contributed by atoms with Gasteiger partial charge in [0, 0.05) is 32.4 Å². The van der Waals surface area contributed by atoms with E-state index in [2.05, 4.69) is 18.7 Å². The minimum Gasteiger partial charge on any atom is -0.358 e. The van der Waals surface area contributed by atoms with Crippen molar-refractivity contribution >= 4 is 11.6 Å². The highest BCUT2D eigenvalue weighted by Gasteiger charge is 2.37. The molecule has 0 bridgehead atoms. The topological polar surface area (TPSA) is 49.6 Å². The first kappa shape index (κ1) is 13.9. The lowest BCUT2D eigenvalue weighted by Crippen LogP contribution is -2.49. The lowest BCUT2D eigenvalue weighted by Gasteiger charge is -2.34. The van der Waals surface area contributed by atoms with Gasteiger partial charge in [0.2, 0.25) is 5.91 Å². The maximum absolute atomic E-state index is 12.5. The first-order valence-corrected chi connectivity index (χ1v) is 6.71. The zero-order chi connectivity index (χ0) is 14.0. The molecule has 0 aliphatic carbocycles. The van der Waals surface area contributed by atoms with Crippen LogP contribution < -0.4 is 10.6 Å². The molecule has 0 spiro atoms. The molecule has 2 N–H and O–H groups in total. The molecule has 0 saturated carbocycles. The molecule has 1 fully saturated rings. The Morgan fingerprint density at radius 1 is 1.26 bits per heavy atom. The highest BCUT2D eigenvalue weighted by atomic mass is 16.2. The van der Waals surface area contributed by atoms with Crippen molar-refractivity contribution in [3.8, 4) is 0 Å². The van der Waals surface area contributed by atoms with Crippen molar-refractivity contribution in [2.75, 3.05) is 31.6 Å². The Balaban J connectivity index is 2.40. The van der Waals surface area contributed by atoms with Crippen LogP contribution in [-0.2, 0) is 4.79 Å². The fourth-order valence-electron chi connectivity index (χ4n) is 2.85. The highest BCUT2D eigenvalue weighted by Crippen LogP contribution is 2.28. The average Bonchev–Trinajstić information content (AvgIpc) is 2.46. The van der Waals surface area contributed by atoms with Gasteiger partial charge in [-0.15, -0.1) is 0 Å². The molecule has 1 amide bonds. The lowest BCUT2D eigenvalue weighted by molar-refractivity contribution is -0.131. The molecule has 19 heavy (non-hydrogen) atoms. The number of para-hydroxylation sites is 1. The minimum atomic E-state index is -0.269. The third-order valence-corrected chi connectivity index (χ3v) is 3.61. The van der Waals surface area contributed by atoms with E-state index in [0.29, 0.717) is 6.54 Å². The molecule has 4 heteroatoms. The van der Waals surface area contributed by atoms with Gasteiger partial charge >= 0.3 is 0 Å². The normalized spacial score (nSPS) is 23.4. The molecule has 1 aromatic rings. The summed E-state index contributed by atoms with van der Waals surface area (Å²) in [6, 6.07) is 9.78. The van der Waals surface area contributed by atoms with Gasteiger partial charge in [0.05, 0.1) is 0 Å². The standard InChI is InChI=1S/C15H23N3O/c1-15(2)10-17(3)14(19)13(9-16)18(11-15)12-7-5-4-6-8-12/h4-8,13H,9-11,16H2,1-3H3. The van der Waals surface area contributed by atoms with Crippen molar-refractivity contribution in [3.63, 3.8) is 0 Å². The van der Waals surface area contributed by atoms with Crippen LogP contribution in [0.3, 0.4) is 0 Å². The number of rotatable bonds is 2. The van der Waals surface area contributed by atoms with E-state index in [1.54, 1.807) is 4.90 Å². The number of nitrogens with zero attached hydrogens (tertiary/aromatic N) is 2. The molecule has 0 aromatic heterocycles. The van der Waals surface area contributed by atoms with E-state index >= 15 is 0 Å². The zero-order valence-corrected chi connectivity index (χ0v) is 12.0. The SMILES string of the molecule is CN1CC(C)(C)CN(c2ccccc2)C(CN)C1=O. The Hall–Kier alpha value is -1.55. The molecule has 4 nitrogen and oxygen atoms in total. The molecule has 1 unspecified atom stereocenters. The molecule has 1 atom stereocenters. The van der Waals surface area contributed by atoms with Gasteiger partial charge in [-0.05, 0) is 17.5 Å². The van der Waals surface area contributed by atoms with Gasteiger partial charge in [-0.2, -0.15) is 0 Å². The van der Waals surface area contributed by atoms with Gasteiger partial charge in [-0.3, -0.25) is 4.79 Å². The van der Waals surface area contributed by atoms with Gasteiger partial charge in [-0.25, -0.2) is 0 Å². The predicted molar refractivity (Wildman–Crippen MR) is 78.0 cm³/mol. The molecule has 1 heterocycles. The number of anilines is 1. The maximum Gasteiger partial charge on any atom is 0.246 e. The first-order chi connectivity index (χ1) is 8.94. The second-order valence-electron chi connectivity index (χ2n) is 6.07. The second-order valence-corrected chi connectivity index (χ2v) is 6.07. The largest absolute Gasteiger partial charge is 0.358 e. The van der Waals surface area contributed by atoms with Crippen molar-refractivity contribution < 1.29 is 4.79 Å². The Morgan fingerprint density at radius 2 is 1.89 bits per heavy atom. The Labute approximate surface area is 115 Å². The summed E-state index contributed by atoms with van der Waals surface area (Å²) in [5, 5.41) is 0. The number of carbonyl (C=O) groups is 1. The van der Waals surface area contributed by atoms with Crippen molar-refractivity contribution in [1.29, 1.82) is 0 Å². The van der Waals surface area contributed by atoms with E-state index < -0.39 is 0 Å². The van der Waals surface area contributed by atoms with E-state index in [9.17, 15) is 4.79 Å². The summed E-state index contributed by atoms with van der Waals surface area (Å²) in [5.41, 5.74) is 6.96. The number of hydrogen-bond donors (Lipinski definition) is 1. The highest BCUT2D eigenvalue weighted by molar-refractivity contribution is 5.86. The number of likely N-dealkylation sites (N-methyl/N-ethyl adjacent to an activating group) is 1. The Morgan fingerprint density at radius 3 is 2.47 bits per heavy atom. The van der Waals surface area contributed by atoms with E-state index in [1.165, 1.54) is 0 Å². The molecule has 1 aliphatic heterocycles. The van der Waals surface area contributed by atoms with Crippen LogP contribution >= 0.6 is 0 Å².